The van der Waals surface area contributed by atoms with Crippen molar-refractivity contribution in [3.05, 3.63) is 75.6 Å². The Bertz CT molecular complexity index is 1150. The molecule has 2 aromatic heterocycles. The zero-order valence-corrected chi connectivity index (χ0v) is 14.5. The second-order valence-electron chi connectivity index (χ2n) is 5.49. The first kappa shape index (κ1) is 15.5. The van der Waals surface area contributed by atoms with Gasteiger partial charge in [-0.3, -0.25) is 0 Å². The molecule has 4 rings (SSSR count). The molecule has 0 spiro atoms. The number of aromatic nitrogens is 2. The second-order valence-corrected chi connectivity index (χ2v) is 6.41. The van der Waals surface area contributed by atoms with Crippen molar-refractivity contribution in [3.8, 4) is 22.5 Å². The molecule has 0 fully saturated rings. The summed E-state index contributed by atoms with van der Waals surface area (Å²) in [5, 5.41) is 0.818. The molecule has 2 N–H and O–H groups in total. The van der Waals surface area contributed by atoms with Crippen LogP contribution < -0.4 is 11.4 Å². The zero-order chi connectivity index (χ0) is 17.4. The van der Waals surface area contributed by atoms with Gasteiger partial charge in [-0.25, -0.2) is 14.8 Å². The number of hydrogen-bond donors (Lipinski definition) is 1. The maximum absolute atomic E-state index is 12.4. The summed E-state index contributed by atoms with van der Waals surface area (Å²) in [6.07, 6.45) is 0. The van der Waals surface area contributed by atoms with Gasteiger partial charge < -0.3 is 10.2 Å². The van der Waals surface area contributed by atoms with E-state index in [1.807, 2.05) is 42.5 Å². The van der Waals surface area contributed by atoms with Gasteiger partial charge in [-0.15, -0.1) is 0 Å². The molecule has 0 amide bonds. The molecule has 0 atom stereocenters. The van der Waals surface area contributed by atoms with Gasteiger partial charge in [-0.1, -0.05) is 46.3 Å². The van der Waals surface area contributed by atoms with E-state index in [2.05, 4.69) is 25.9 Å². The van der Waals surface area contributed by atoms with Crippen molar-refractivity contribution in [2.45, 2.75) is 0 Å². The van der Waals surface area contributed by atoms with Crippen molar-refractivity contribution in [1.82, 2.24) is 9.97 Å². The van der Waals surface area contributed by atoms with Crippen LogP contribution in [0.2, 0.25) is 0 Å². The Balaban J connectivity index is 1.92. The van der Waals surface area contributed by atoms with Crippen molar-refractivity contribution in [3.63, 3.8) is 0 Å². The smallest absolute Gasteiger partial charge is 0.345 e. The van der Waals surface area contributed by atoms with Crippen LogP contribution in [0.5, 0.6) is 0 Å². The second kappa shape index (κ2) is 6.14. The highest BCUT2D eigenvalue weighted by Gasteiger charge is 2.12. The summed E-state index contributed by atoms with van der Waals surface area (Å²) < 4.78 is 6.31. The number of para-hydroxylation sites is 1. The summed E-state index contributed by atoms with van der Waals surface area (Å²) in [5.74, 6) is 0.0973. The summed E-state index contributed by atoms with van der Waals surface area (Å²) in [7, 11) is 0. The number of nitrogen functional groups attached to an aromatic ring is 1. The molecule has 0 saturated carbocycles. The first-order chi connectivity index (χ1) is 12.1. The van der Waals surface area contributed by atoms with E-state index in [0.29, 0.717) is 22.5 Å². The number of hydrogen-bond acceptors (Lipinski definition) is 5. The van der Waals surface area contributed by atoms with Crippen LogP contribution in [0.25, 0.3) is 33.5 Å². The van der Waals surface area contributed by atoms with E-state index < -0.39 is 5.63 Å². The summed E-state index contributed by atoms with van der Waals surface area (Å²) in [6, 6.07) is 18.5. The van der Waals surface area contributed by atoms with Crippen LogP contribution in [0.4, 0.5) is 5.95 Å². The molecule has 6 heteroatoms. The van der Waals surface area contributed by atoms with Gasteiger partial charge in [0.15, 0.2) is 0 Å². The lowest BCUT2D eigenvalue weighted by molar-refractivity contribution is 0.563. The van der Waals surface area contributed by atoms with Gasteiger partial charge in [0, 0.05) is 15.4 Å². The van der Waals surface area contributed by atoms with Gasteiger partial charge in [0.2, 0.25) is 5.95 Å². The van der Waals surface area contributed by atoms with Crippen LogP contribution in [0, 0.1) is 0 Å². The van der Waals surface area contributed by atoms with E-state index >= 15 is 0 Å². The highest BCUT2D eigenvalue weighted by Crippen LogP contribution is 2.26. The fourth-order valence-electron chi connectivity index (χ4n) is 2.64. The molecule has 122 valence electrons. The molecule has 0 unspecified atom stereocenters. The molecule has 2 aromatic carbocycles. The third-order valence-electron chi connectivity index (χ3n) is 3.78. The molecule has 0 aliphatic rings. The maximum atomic E-state index is 12.4. The molecule has 4 aromatic rings. The van der Waals surface area contributed by atoms with Crippen molar-refractivity contribution in [1.29, 1.82) is 0 Å². The molecule has 5 nitrogen and oxygen atoms in total. The molecule has 0 bridgehead atoms. The summed E-state index contributed by atoms with van der Waals surface area (Å²) in [6.45, 7) is 0. The van der Waals surface area contributed by atoms with E-state index in [9.17, 15) is 4.79 Å². The summed E-state index contributed by atoms with van der Waals surface area (Å²) >= 11 is 3.44. The average molecular weight is 394 g/mol. The minimum Gasteiger partial charge on any atom is -0.422 e. The third-order valence-corrected chi connectivity index (χ3v) is 4.27. The number of anilines is 1. The monoisotopic (exact) mass is 393 g/mol. The minimum atomic E-state index is -0.461. The van der Waals surface area contributed by atoms with Gasteiger partial charge in [0.1, 0.15) is 5.58 Å². The molecule has 0 aliphatic carbocycles. The van der Waals surface area contributed by atoms with E-state index in [0.717, 1.165) is 15.4 Å². The zero-order valence-electron chi connectivity index (χ0n) is 12.9. The lowest BCUT2D eigenvalue weighted by Crippen LogP contribution is -2.06. The van der Waals surface area contributed by atoms with Gasteiger partial charge in [-0.05, 0) is 30.3 Å². The Labute approximate surface area is 151 Å². The fourth-order valence-corrected chi connectivity index (χ4v) is 3.04. The van der Waals surface area contributed by atoms with Crippen molar-refractivity contribution < 1.29 is 4.42 Å². The number of halogens is 1. The van der Waals surface area contributed by atoms with Crippen LogP contribution >= 0.6 is 15.9 Å². The van der Waals surface area contributed by atoms with Gasteiger partial charge in [0.05, 0.1) is 17.0 Å². The van der Waals surface area contributed by atoms with Crippen LogP contribution in [0.15, 0.2) is 74.3 Å². The molecule has 0 radical (unpaired) electrons. The Morgan fingerprint density at radius 3 is 2.56 bits per heavy atom. The van der Waals surface area contributed by atoms with Crippen LogP contribution in [0.3, 0.4) is 0 Å². The number of nitrogens with two attached hydrogens (primary N) is 1. The molecular weight excluding hydrogens is 382 g/mol. The van der Waals surface area contributed by atoms with Crippen LogP contribution in [-0.4, -0.2) is 9.97 Å². The largest absolute Gasteiger partial charge is 0.422 e. The van der Waals surface area contributed by atoms with E-state index in [-0.39, 0.29) is 5.95 Å². The fraction of sp³-hybridized carbons (Fsp3) is 0. The summed E-state index contributed by atoms with van der Waals surface area (Å²) in [5.41, 5.74) is 8.23. The van der Waals surface area contributed by atoms with Gasteiger partial charge in [-0.2, -0.15) is 0 Å². The van der Waals surface area contributed by atoms with E-state index in [1.165, 1.54) is 0 Å². The SMILES string of the molecule is Nc1nc(-c2cccc(Br)c2)cc(-c2cc3ccccc3oc2=O)n1. The first-order valence-electron chi connectivity index (χ1n) is 7.54. The standard InChI is InChI=1S/C19H12BrN3O2/c20-13-6-3-5-11(8-13)15-10-16(23-19(21)22-15)14-9-12-4-1-2-7-17(12)25-18(14)24/h1-10H,(H2,21,22,23). The highest BCUT2D eigenvalue weighted by atomic mass is 79.9. The molecule has 0 saturated heterocycles. The lowest BCUT2D eigenvalue weighted by atomic mass is 10.1. The molecule has 2 heterocycles. The Morgan fingerprint density at radius 2 is 1.72 bits per heavy atom. The van der Waals surface area contributed by atoms with Crippen LogP contribution in [0.1, 0.15) is 0 Å². The average Bonchev–Trinajstić information content (AvgIpc) is 2.60. The number of nitrogens with zero attached hydrogens (tertiary/aromatic N) is 2. The number of rotatable bonds is 2. The normalized spacial score (nSPS) is 10.9. The lowest BCUT2D eigenvalue weighted by Gasteiger charge is -2.07. The molecular formula is C19H12BrN3O2. The molecule has 0 aliphatic heterocycles. The Morgan fingerprint density at radius 1 is 0.920 bits per heavy atom. The quantitative estimate of drug-likeness (QED) is 0.514. The maximum Gasteiger partial charge on any atom is 0.345 e. The summed E-state index contributed by atoms with van der Waals surface area (Å²) in [4.78, 5) is 20.9. The van der Waals surface area contributed by atoms with E-state index in [1.54, 1.807) is 18.2 Å². The number of fused-ring (bicyclic) bond motifs is 1. The predicted octanol–water partition coefficient (Wildman–Crippen LogP) is 4.26. The van der Waals surface area contributed by atoms with Crippen molar-refractivity contribution in [2.75, 3.05) is 5.73 Å². The van der Waals surface area contributed by atoms with Crippen molar-refractivity contribution in [2.24, 2.45) is 0 Å². The first-order valence-corrected chi connectivity index (χ1v) is 8.33. The highest BCUT2D eigenvalue weighted by molar-refractivity contribution is 9.10. The van der Waals surface area contributed by atoms with Crippen molar-refractivity contribution >= 4 is 32.8 Å². The molecule has 25 heavy (non-hydrogen) atoms. The van der Waals surface area contributed by atoms with E-state index in [4.69, 9.17) is 10.2 Å². The minimum absolute atomic E-state index is 0.0973. The predicted molar refractivity (Wildman–Crippen MR) is 101 cm³/mol. The Kier molecular flexibility index (Phi) is 3.82. The van der Waals surface area contributed by atoms with Gasteiger partial charge >= 0.3 is 5.63 Å². The third kappa shape index (κ3) is 3.04. The van der Waals surface area contributed by atoms with Crippen LogP contribution in [-0.2, 0) is 0 Å². The number of benzene rings is 2. The van der Waals surface area contributed by atoms with Gasteiger partial charge in [0.25, 0.3) is 0 Å². The Hall–Kier alpha value is -2.99. The topological polar surface area (TPSA) is 82.0 Å².